The molecule has 1 amide bonds. The zero-order valence-electron chi connectivity index (χ0n) is 15.7. The van der Waals surface area contributed by atoms with E-state index in [1.165, 1.54) is 18.4 Å². The molecule has 1 saturated heterocycles. The average Bonchev–Trinajstić information content (AvgIpc) is 2.72. The number of benzene rings is 2. The van der Waals surface area contributed by atoms with Crippen molar-refractivity contribution in [3.8, 4) is 5.75 Å². The van der Waals surface area contributed by atoms with Gasteiger partial charge in [0.05, 0.1) is 23.6 Å². The number of fused-ring (bicyclic) bond motifs is 1. The van der Waals surface area contributed by atoms with Crippen LogP contribution in [0, 0.1) is 5.92 Å². The molecule has 3 nitrogen and oxygen atoms in total. The Morgan fingerprint density at radius 2 is 1.81 bits per heavy atom. The summed E-state index contributed by atoms with van der Waals surface area (Å²) in [6.07, 6.45) is 5.32. The third-order valence-corrected chi connectivity index (χ3v) is 6.90. The molecule has 1 saturated carbocycles. The van der Waals surface area contributed by atoms with Crippen LogP contribution in [0.2, 0.25) is 0 Å². The second-order valence-corrected chi connectivity index (χ2v) is 8.44. The van der Waals surface area contributed by atoms with Gasteiger partial charge in [0.2, 0.25) is 0 Å². The monoisotopic (exact) mass is 383 g/mol. The number of hydrogen-bond donors (Lipinski definition) is 0. The SMILES string of the molecule is COc1ccccc1C(=O)N1CC[C@]2(Cl)CCCC[C@H]2[C@@H]1c1ccccc1. The number of amides is 1. The van der Waals surface area contributed by atoms with Gasteiger partial charge in [-0.3, -0.25) is 4.79 Å². The molecule has 1 aliphatic heterocycles. The Bertz CT molecular complexity index is 809. The molecule has 4 heteroatoms. The van der Waals surface area contributed by atoms with E-state index in [0.29, 0.717) is 17.9 Å². The van der Waals surface area contributed by atoms with Crippen molar-refractivity contribution in [3.63, 3.8) is 0 Å². The molecule has 3 atom stereocenters. The second kappa shape index (κ2) is 7.55. The predicted molar refractivity (Wildman–Crippen MR) is 108 cm³/mol. The Hall–Kier alpha value is -2.00. The standard InChI is InChI=1S/C23H26ClNO2/c1-27-20-13-6-5-11-18(20)22(26)25-16-15-23(24)14-8-7-12-19(23)21(25)17-9-3-2-4-10-17/h2-6,9-11,13,19,21H,7-8,12,14-16H2,1H3/t19-,21-,23+/m0/s1. The number of alkyl halides is 1. The van der Waals surface area contributed by atoms with Crippen molar-refractivity contribution in [1.82, 2.24) is 4.90 Å². The van der Waals surface area contributed by atoms with E-state index in [1.807, 2.05) is 35.2 Å². The number of halogens is 1. The van der Waals surface area contributed by atoms with Gasteiger partial charge in [-0.2, -0.15) is 0 Å². The maximum Gasteiger partial charge on any atom is 0.258 e. The molecule has 0 aromatic heterocycles. The van der Waals surface area contributed by atoms with Gasteiger partial charge in [-0.15, -0.1) is 11.6 Å². The molecule has 0 unspecified atom stereocenters. The first-order valence-electron chi connectivity index (χ1n) is 9.82. The maximum atomic E-state index is 13.5. The van der Waals surface area contributed by atoms with Gasteiger partial charge >= 0.3 is 0 Å². The van der Waals surface area contributed by atoms with Gasteiger partial charge in [-0.25, -0.2) is 0 Å². The summed E-state index contributed by atoms with van der Waals surface area (Å²) in [7, 11) is 1.61. The van der Waals surface area contributed by atoms with E-state index in [0.717, 1.165) is 19.3 Å². The number of carbonyl (C=O) groups is 1. The van der Waals surface area contributed by atoms with Crippen molar-refractivity contribution in [2.24, 2.45) is 5.92 Å². The molecular formula is C23H26ClNO2. The summed E-state index contributed by atoms with van der Waals surface area (Å²) in [5, 5.41) is 0. The van der Waals surface area contributed by atoms with Gasteiger partial charge in [-0.05, 0) is 37.0 Å². The lowest BCUT2D eigenvalue weighted by Gasteiger charge is -2.52. The van der Waals surface area contributed by atoms with Crippen LogP contribution in [0.25, 0.3) is 0 Å². The topological polar surface area (TPSA) is 29.5 Å². The Morgan fingerprint density at radius 3 is 2.59 bits per heavy atom. The largest absolute Gasteiger partial charge is 0.496 e. The fraction of sp³-hybridized carbons (Fsp3) is 0.435. The average molecular weight is 384 g/mol. The van der Waals surface area contributed by atoms with Crippen LogP contribution in [0.15, 0.2) is 54.6 Å². The minimum absolute atomic E-state index is 0.00941. The lowest BCUT2D eigenvalue weighted by molar-refractivity contribution is 0.0277. The van der Waals surface area contributed by atoms with E-state index in [4.69, 9.17) is 16.3 Å². The Labute approximate surface area is 166 Å². The van der Waals surface area contributed by atoms with Crippen LogP contribution in [0.4, 0.5) is 0 Å². The number of para-hydroxylation sites is 1. The molecule has 2 aromatic carbocycles. The molecule has 1 aliphatic carbocycles. The lowest BCUT2D eigenvalue weighted by Crippen LogP contribution is -2.53. The molecular weight excluding hydrogens is 358 g/mol. The summed E-state index contributed by atoms with van der Waals surface area (Å²) in [5.41, 5.74) is 1.80. The third-order valence-electron chi connectivity index (χ3n) is 6.25. The van der Waals surface area contributed by atoms with Gasteiger partial charge in [0.1, 0.15) is 5.75 Å². The number of methoxy groups -OCH3 is 1. The van der Waals surface area contributed by atoms with Crippen molar-refractivity contribution in [2.45, 2.75) is 43.0 Å². The van der Waals surface area contributed by atoms with E-state index >= 15 is 0 Å². The van der Waals surface area contributed by atoms with E-state index < -0.39 is 0 Å². The summed E-state index contributed by atoms with van der Waals surface area (Å²) in [5.74, 6) is 0.939. The highest BCUT2D eigenvalue weighted by molar-refractivity contribution is 6.24. The van der Waals surface area contributed by atoms with Crippen molar-refractivity contribution < 1.29 is 9.53 Å². The van der Waals surface area contributed by atoms with Crippen LogP contribution in [-0.4, -0.2) is 29.3 Å². The van der Waals surface area contributed by atoms with Crippen LogP contribution in [-0.2, 0) is 0 Å². The minimum atomic E-state index is -0.198. The fourth-order valence-corrected chi connectivity index (χ4v) is 5.35. The first-order chi connectivity index (χ1) is 13.1. The zero-order chi connectivity index (χ0) is 18.9. The minimum Gasteiger partial charge on any atom is -0.496 e. The molecule has 0 bridgehead atoms. The lowest BCUT2D eigenvalue weighted by atomic mass is 9.68. The number of nitrogens with zero attached hydrogens (tertiary/aromatic N) is 1. The Kier molecular flexibility index (Phi) is 5.14. The number of rotatable bonds is 3. The third kappa shape index (κ3) is 3.34. The Balaban J connectivity index is 1.75. The first-order valence-corrected chi connectivity index (χ1v) is 10.2. The molecule has 142 valence electrons. The van der Waals surface area contributed by atoms with Crippen molar-refractivity contribution in [2.75, 3.05) is 13.7 Å². The maximum absolute atomic E-state index is 13.5. The summed E-state index contributed by atoms with van der Waals surface area (Å²) in [6, 6.07) is 17.9. The second-order valence-electron chi connectivity index (χ2n) is 7.69. The molecule has 2 aromatic rings. The number of carbonyl (C=O) groups excluding carboxylic acids is 1. The number of hydrogen-bond acceptors (Lipinski definition) is 2. The summed E-state index contributed by atoms with van der Waals surface area (Å²) < 4.78 is 5.45. The van der Waals surface area contributed by atoms with Crippen LogP contribution in [0.1, 0.15) is 54.1 Å². The summed E-state index contributed by atoms with van der Waals surface area (Å²) >= 11 is 7.13. The van der Waals surface area contributed by atoms with E-state index in [9.17, 15) is 4.79 Å². The molecule has 0 N–H and O–H groups in total. The van der Waals surface area contributed by atoms with Gasteiger partial charge in [0, 0.05) is 12.5 Å². The van der Waals surface area contributed by atoms with Gasteiger partial charge in [0.15, 0.2) is 0 Å². The highest BCUT2D eigenvalue weighted by Gasteiger charge is 2.50. The van der Waals surface area contributed by atoms with Crippen LogP contribution >= 0.6 is 11.6 Å². The highest BCUT2D eigenvalue weighted by atomic mass is 35.5. The van der Waals surface area contributed by atoms with E-state index in [-0.39, 0.29) is 22.7 Å². The van der Waals surface area contributed by atoms with Gasteiger partial charge in [0.25, 0.3) is 5.91 Å². The highest BCUT2D eigenvalue weighted by Crippen LogP contribution is 2.53. The number of ether oxygens (including phenoxy) is 1. The van der Waals surface area contributed by atoms with Crippen LogP contribution < -0.4 is 4.74 Å². The van der Waals surface area contributed by atoms with Crippen LogP contribution in [0.5, 0.6) is 5.75 Å². The first kappa shape index (κ1) is 18.4. The zero-order valence-corrected chi connectivity index (χ0v) is 16.5. The molecule has 0 spiro atoms. The molecule has 1 heterocycles. The normalized spacial score (nSPS) is 27.7. The number of piperidine rings is 1. The quantitative estimate of drug-likeness (QED) is 0.659. The molecule has 2 aliphatic rings. The van der Waals surface area contributed by atoms with E-state index in [1.54, 1.807) is 7.11 Å². The summed E-state index contributed by atoms with van der Waals surface area (Å²) in [6.45, 7) is 0.677. The molecule has 2 fully saturated rings. The predicted octanol–water partition coefficient (Wildman–Crippen LogP) is 5.45. The summed E-state index contributed by atoms with van der Waals surface area (Å²) in [4.78, 5) is 15.4. The Morgan fingerprint density at radius 1 is 1.07 bits per heavy atom. The van der Waals surface area contributed by atoms with E-state index in [2.05, 4.69) is 24.3 Å². The number of likely N-dealkylation sites (tertiary alicyclic amines) is 1. The van der Waals surface area contributed by atoms with Crippen molar-refractivity contribution in [1.29, 1.82) is 0 Å². The molecule has 27 heavy (non-hydrogen) atoms. The smallest absolute Gasteiger partial charge is 0.258 e. The van der Waals surface area contributed by atoms with Crippen LogP contribution in [0.3, 0.4) is 0 Å². The van der Waals surface area contributed by atoms with Gasteiger partial charge < -0.3 is 9.64 Å². The molecule has 0 radical (unpaired) electrons. The molecule has 4 rings (SSSR count). The fourth-order valence-electron chi connectivity index (χ4n) is 4.91. The van der Waals surface area contributed by atoms with Gasteiger partial charge in [-0.1, -0.05) is 55.3 Å². The van der Waals surface area contributed by atoms with Crippen molar-refractivity contribution in [3.05, 3.63) is 65.7 Å². The van der Waals surface area contributed by atoms with Crippen molar-refractivity contribution >= 4 is 17.5 Å².